The Morgan fingerprint density at radius 3 is 2.06 bits per heavy atom. The predicted molar refractivity (Wildman–Crippen MR) is 137 cm³/mol. The maximum Gasteiger partial charge on any atom is 0.265 e. The van der Waals surface area contributed by atoms with Gasteiger partial charge in [0.25, 0.3) is 5.91 Å². The molecule has 6 heteroatoms. The Morgan fingerprint density at radius 1 is 0.818 bits per heavy atom. The highest BCUT2D eigenvalue weighted by atomic mass is 32.2. The van der Waals surface area contributed by atoms with E-state index in [9.17, 15) is 9.59 Å². The lowest BCUT2D eigenvalue weighted by molar-refractivity contribution is -0.115. The molecule has 0 atom stereocenters. The Kier molecular flexibility index (Phi) is 6.28. The van der Waals surface area contributed by atoms with Gasteiger partial charge in [0.1, 0.15) is 0 Å². The molecule has 0 saturated heterocycles. The zero-order valence-corrected chi connectivity index (χ0v) is 19.5. The summed E-state index contributed by atoms with van der Waals surface area (Å²) in [4.78, 5) is 29.2. The highest BCUT2D eigenvalue weighted by molar-refractivity contribution is 8.00. The Bertz CT molecular complexity index is 1240. The first kappa shape index (κ1) is 21.5. The van der Waals surface area contributed by atoms with E-state index in [4.69, 9.17) is 0 Å². The molecule has 0 fully saturated rings. The van der Waals surface area contributed by atoms with E-state index in [0.717, 1.165) is 34.8 Å². The SMILES string of the molecule is O=C(Nc1ccc(SCC(=O)N2c3ccccc3CCc3ccccc32)cc1)c1cccs1. The van der Waals surface area contributed by atoms with E-state index in [-0.39, 0.29) is 11.8 Å². The van der Waals surface area contributed by atoms with E-state index in [2.05, 4.69) is 17.4 Å². The van der Waals surface area contributed by atoms with Crippen LogP contribution in [-0.2, 0) is 17.6 Å². The first-order chi connectivity index (χ1) is 16.2. The molecular formula is C27H22N2O2S2. The molecule has 1 aliphatic heterocycles. The normalized spacial score (nSPS) is 12.4. The van der Waals surface area contributed by atoms with E-state index in [1.807, 2.05) is 77.0 Å². The Morgan fingerprint density at radius 2 is 1.45 bits per heavy atom. The van der Waals surface area contributed by atoms with Crippen LogP contribution in [0.5, 0.6) is 0 Å². The number of aryl methyl sites for hydroxylation is 2. The minimum Gasteiger partial charge on any atom is -0.321 e. The van der Waals surface area contributed by atoms with E-state index in [1.165, 1.54) is 34.2 Å². The molecule has 164 valence electrons. The van der Waals surface area contributed by atoms with Gasteiger partial charge in [0.05, 0.1) is 22.0 Å². The number of fused-ring (bicyclic) bond motifs is 2. The fourth-order valence-electron chi connectivity index (χ4n) is 3.99. The molecule has 2 amide bonds. The van der Waals surface area contributed by atoms with E-state index in [1.54, 1.807) is 6.07 Å². The topological polar surface area (TPSA) is 49.4 Å². The summed E-state index contributed by atoms with van der Waals surface area (Å²) in [6, 6.07) is 27.6. The molecule has 3 aromatic carbocycles. The van der Waals surface area contributed by atoms with Crippen molar-refractivity contribution in [1.82, 2.24) is 0 Å². The number of nitrogens with one attached hydrogen (secondary N) is 1. The third kappa shape index (κ3) is 4.72. The molecular weight excluding hydrogens is 448 g/mol. The molecule has 0 radical (unpaired) electrons. The Balaban J connectivity index is 1.30. The van der Waals surface area contributed by atoms with Crippen LogP contribution in [0.3, 0.4) is 0 Å². The number of carbonyl (C=O) groups excluding carboxylic acids is 2. The lowest BCUT2D eigenvalue weighted by atomic mass is 10.0. The molecule has 4 aromatic rings. The average molecular weight is 471 g/mol. The van der Waals surface area contributed by atoms with Crippen LogP contribution < -0.4 is 10.2 Å². The molecule has 5 rings (SSSR count). The number of para-hydroxylation sites is 2. The van der Waals surface area contributed by atoms with Crippen LogP contribution in [0.4, 0.5) is 17.1 Å². The number of thioether (sulfide) groups is 1. The first-order valence-corrected chi connectivity index (χ1v) is 12.6. The lowest BCUT2D eigenvalue weighted by Crippen LogP contribution is -2.28. The largest absolute Gasteiger partial charge is 0.321 e. The van der Waals surface area contributed by atoms with Gasteiger partial charge in [-0.15, -0.1) is 23.1 Å². The highest BCUT2D eigenvalue weighted by Gasteiger charge is 2.25. The maximum atomic E-state index is 13.4. The van der Waals surface area contributed by atoms with Crippen LogP contribution in [0.2, 0.25) is 0 Å². The average Bonchev–Trinajstić information content (AvgIpc) is 3.33. The van der Waals surface area contributed by atoms with Crippen molar-refractivity contribution in [3.8, 4) is 0 Å². The standard InChI is InChI=1S/C27H22N2O2S2/c30-26(18-33-22-15-13-21(14-16-22)28-27(31)25-10-5-17-32-25)29-23-8-3-1-6-19(23)11-12-20-7-2-4-9-24(20)29/h1-10,13-17H,11-12,18H2,(H,28,31). The summed E-state index contributed by atoms with van der Waals surface area (Å²) in [5.41, 5.74) is 5.06. The van der Waals surface area contributed by atoms with Crippen molar-refractivity contribution in [3.63, 3.8) is 0 Å². The van der Waals surface area contributed by atoms with Gasteiger partial charge in [-0.25, -0.2) is 0 Å². The summed E-state index contributed by atoms with van der Waals surface area (Å²) in [7, 11) is 0. The Hall–Kier alpha value is -3.35. The fraction of sp³-hybridized carbons (Fsp3) is 0.111. The van der Waals surface area contributed by atoms with Gasteiger partial charge in [0, 0.05) is 10.6 Å². The fourth-order valence-corrected chi connectivity index (χ4v) is 5.36. The predicted octanol–water partition coefficient (Wildman–Crippen LogP) is 6.56. The summed E-state index contributed by atoms with van der Waals surface area (Å²) < 4.78 is 0. The number of nitrogens with zero attached hydrogens (tertiary/aromatic N) is 1. The number of thiophene rings is 1. The first-order valence-electron chi connectivity index (χ1n) is 10.8. The molecule has 0 spiro atoms. The molecule has 0 aliphatic carbocycles. The van der Waals surface area contributed by atoms with Crippen molar-refractivity contribution in [2.45, 2.75) is 17.7 Å². The summed E-state index contributed by atoms with van der Waals surface area (Å²) in [5, 5.41) is 4.79. The molecule has 1 N–H and O–H groups in total. The minimum absolute atomic E-state index is 0.0527. The number of rotatable bonds is 5. The minimum atomic E-state index is -0.112. The van der Waals surface area contributed by atoms with Crippen molar-refractivity contribution in [3.05, 3.63) is 106 Å². The molecule has 2 heterocycles. The van der Waals surface area contributed by atoms with Gasteiger partial charge in [-0.3, -0.25) is 14.5 Å². The van der Waals surface area contributed by atoms with E-state index in [0.29, 0.717) is 10.6 Å². The molecule has 1 aliphatic rings. The van der Waals surface area contributed by atoms with Crippen molar-refractivity contribution < 1.29 is 9.59 Å². The van der Waals surface area contributed by atoms with Gasteiger partial charge in [0.2, 0.25) is 5.91 Å². The molecule has 4 nitrogen and oxygen atoms in total. The second kappa shape index (κ2) is 9.65. The van der Waals surface area contributed by atoms with Crippen LogP contribution in [0.1, 0.15) is 20.8 Å². The summed E-state index contributed by atoms with van der Waals surface area (Å²) in [5.74, 6) is 0.264. The second-order valence-corrected chi connectivity index (χ2v) is 9.73. The number of anilines is 3. The lowest BCUT2D eigenvalue weighted by Gasteiger charge is -2.25. The van der Waals surface area contributed by atoms with Crippen LogP contribution in [-0.4, -0.2) is 17.6 Å². The van der Waals surface area contributed by atoms with Crippen LogP contribution in [0, 0.1) is 0 Å². The maximum absolute atomic E-state index is 13.4. The Labute approximate surface area is 201 Å². The molecule has 33 heavy (non-hydrogen) atoms. The summed E-state index contributed by atoms with van der Waals surface area (Å²) >= 11 is 2.91. The molecule has 1 aromatic heterocycles. The number of benzene rings is 3. The van der Waals surface area contributed by atoms with E-state index >= 15 is 0 Å². The van der Waals surface area contributed by atoms with E-state index < -0.39 is 0 Å². The van der Waals surface area contributed by atoms with Gasteiger partial charge in [-0.2, -0.15) is 0 Å². The van der Waals surface area contributed by atoms with Crippen LogP contribution in [0.25, 0.3) is 0 Å². The smallest absolute Gasteiger partial charge is 0.265 e. The molecule has 0 saturated carbocycles. The third-order valence-corrected chi connectivity index (χ3v) is 7.46. The number of hydrogen-bond acceptors (Lipinski definition) is 4. The van der Waals surface area contributed by atoms with Crippen molar-refractivity contribution in [2.75, 3.05) is 16.0 Å². The number of amides is 2. The van der Waals surface area contributed by atoms with Gasteiger partial charge >= 0.3 is 0 Å². The second-order valence-electron chi connectivity index (χ2n) is 7.73. The quantitative estimate of drug-likeness (QED) is 0.336. The number of carbonyl (C=O) groups is 2. The molecule has 0 unspecified atom stereocenters. The van der Waals surface area contributed by atoms with Gasteiger partial charge < -0.3 is 5.32 Å². The number of hydrogen-bond donors (Lipinski definition) is 1. The highest BCUT2D eigenvalue weighted by Crippen LogP contribution is 2.36. The summed E-state index contributed by atoms with van der Waals surface area (Å²) in [6.45, 7) is 0. The van der Waals surface area contributed by atoms with Crippen molar-refractivity contribution in [2.24, 2.45) is 0 Å². The van der Waals surface area contributed by atoms with Gasteiger partial charge in [-0.05, 0) is 71.8 Å². The summed E-state index contributed by atoms with van der Waals surface area (Å²) in [6.07, 6.45) is 1.84. The zero-order chi connectivity index (χ0) is 22.6. The van der Waals surface area contributed by atoms with Gasteiger partial charge in [-0.1, -0.05) is 42.5 Å². The van der Waals surface area contributed by atoms with Gasteiger partial charge in [0.15, 0.2) is 0 Å². The molecule has 0 bridgehead atoms. The third-order valence-electron chi connectivity index (χ3n) is 5.60. The zero-order valence-electron chi connectivity index (χ0n) is 17.9. The van der Waals surface area contributed by atoms with Crippen molar-refractivity contribution >= 4 is 52.0 Å². The van der Waals surface area contributed by atoms with Crippen LogP contribution in [0.15, 0.2) is 95.2 Å². The van der Waals surface area contributed by atoms with Crippen LogP contribution >= 0.6 is 23.1 Å². The van der Waals surface area contributed by atoms with Crippen molar-refractivity contribution in [1.29, 1.82) is 0 Å². The monoisotopic (exact) mass is 470 g/mol.